The molecule has 3 rings (SSSR count). The SMILES string of the molecule is NC(=O)Nc1cccc(C(=O)OCc2nnc(-c3ccccc3)o2)c1. The van der Waals surface area contributed by atoms with Gasteiger partial charge in [0.1, 0.15) is 0 Å². The Labute approximate surface area is 142 Å². The van der Waals surface area contributed by atoms with Gasteiger partial charge in [0, 0.05) is 11.3 Å². The van der Waals surface area contributed by atoms with Gasteiger partial charge in [-0.3, -0.25) is 0 Å². The summed E-state index contributed by atoms with van der Waals surface area (Å²) in [4.78, 5) is 22.9. The normalized spacial score (nSPS) is 10.2. The lowest BCUT2D eigenvalue weighted by atomic mass is 10.2. The van der Waals surface area contributed by atoms with Crippen LogP contribution in [0.25, 0.3) is 11.5 Å². The molecule has 126 valence electrons. The maximum Gasteiger partial charge on any atom is 0.338 e. The molecule has 0 atom stereocenters. The van der Waals surface area contributed by atoms with Crippen molar-refractivity contribution in [3.63, 3.8) is 0 Å². The van der Waals surface area contributed by atoms with Crippen LogP contribution >= 0.6 is 0 Å². The molecule has 1 heterocycles. The smallest absolute Gasteiger partial charge is 0.338 e. The number of nitrogens with two attached hydrogens (primary N) is 1. The summed E-state index contributed by atoms with van der Waals surface area (Å²) in [6.45, 7) is -0.161. The fourth-order valence-electron chi connectivity index (χ4n) is 2.09. The summed E-state index contributed by atoms with van der Waals surface area (Å²) in [7, 11) is 0. The van der Waals surface area contributed by atoms with Gasteiger partial charge in [-0.25, -0.2) is 9.59 Å². The van der Waals surface area contributed by atoms with Crippen molar-refractivity contribution in [2.45, 2.75) is 6.61 Å². The van der Waals surface area contributed by atoms with E-state index in [1.54, 1.807) is 18.2 Å². The highest BCUT2D eigenvalue weighted by Crippen LogP contribution is 2.18. The molecule has 1 aromatic heterocycles. The molecule has 8 nitrogen and oxygen atoms in total. The lowest BCUT2D eigenvalue weighted by Gasteiger charge is -2.05. The van der Waals surface area contributed by atoms with Crippen LogP contribution in [0.1, 0.15) is 16.2 Å². The van der Waals surface area contributed by atoms with E-state index < -0.39 is 12.0 Å². The van der Waals surface area contributed by atoms with Gasteiger partial charge in [-0.05, 0) is 30.3 Å². The van der Waals surface area contributed by atoms with E-state index >= 15 is 0 Å². The van der Waals surface area contributed by atoms with Gasteiger partial charge in [0.15, 0.2) is 6.61 Å². The first-order chi connectivity index (χ1) is 12.1. The number of esters is 1. The first-order valence-electron chi connectivity index (χ1n) is 7.33. The number of ether oxygens (including phenoxy) is 1. The van der Waals surface area contributed by atoms with Crippen molar-refractivity contribution in [2.75, 3.05) is 5.32 Å². The third-order valence-electron chi connectivity index (χ3n) is 3.18. The molecule has 0 bridgehead atoms. The molecule has 0 fully saturated rings. The fourth-order valence-corrected chi connectivity index (χ4v) is 2.09. The zero-order valence-electron chi connectivity index (χ0n) is 13.0. The first-order valence-corrected chi connectivity index (χ1v) is 7.33. The van der Waals surface area contributed by atoms with Crippen LogP contribution in [0, 0.1) is 0 Å². The molecule has 0 saturated carbocycles. The fraction of sp³-hybridized carbons (Fsp3) is 0.0588. The van der Waals surface area contributed by atoms with Gasteiger partial charge < -0.3 is 20.2 Å². The van der Waals surface area contributed by atoms with Crippen molar-refractivity contribution < 1.29 is 18.7 Å². The summed E-state index contributed by atoms with van der Waals surface area (Å²) >= 11 is 0. The van der Waals surface area contributed by atoms with Crippen molar-refractivity contribution in [3.05, 3.63) is 66.1 Å². The van der Waals surface area contributed by atoms with E-state index in [1.165, 1.54) is 6.07 Å². The van der Waals surface area contributed by atoms with E-state index in [0.717, 1.165) is 5.56 Å². The number of carbonyl (C=O) groups excluding carboxylic acids is 2. The van der Waals surface area contributed by atoms with Gasteiger partial charge in [0.2, 0.25) is 5.89 Å². The monoisotopic (exact) mass is 338 g/mol. The summed E-state index contributed by atoms with van der Waals surface area (Å²) in [5.41, 5.74) is 6.47. The zero-order valence-corrected chi connectivity index (χ0v) is 13.0. The second-order valence-corrected chi connectivity index (χ2v) is 5.01. The molecule has 25 heavy (non-hydrogen) atoms. The number of aromatic nitrogens is 2. The molecular formula is C17H14N4O4. The van der Waals surface area contributed by atoms with E-state index in [1.807, 2.05) is 30.3 Å². The summed E-state index contributed by atoms with van der Waals surface area (Å²) in [6.07, 6.45) is 0. The highest BCUT2D eigenvalue weighted by Gasteiger charge is 2.13. The number of primary amides is 1. The van der Waals surface area contributed by atoms with E-state index in [0.29, 0.717) is 11.6 Å². The molecule has 3 N–H and O–H groups in total. The Morgan fingerprint density at radius 2 is 1.88 bits per heavy atom. The van der Waals surface area contributed by atoms with Crippen molar-refractivity contribution in [1.82, 2.24) is 10.2 Å². The van der Waals surface area contributed by atoms with Crippen LogP contribution in [0.3, 0.4) is 0 Å². The molecule has 2 aromatic carbocycles. The minimum Gasteiger partial charge on any atom is -0.452 e. The number of nitrogens with one attached hydrogen (secondary N) is 1. The average molecular weight is 338 g/mol. The Morgan fingerprint density at radius 3 is 2.64 bits per heavy atom. The number of nitrogens with zero attached hydrogens (tertiary/aromatic N) is 2. The van der Waals surface area contributed by atoms with Crippen LogP contribution in [0.4, 0.5) is 10.5 Å². The van der Waals surface area contributed by atoms with Gasteiger partial charge in [-0.15, -0.1) is 10.2 Å². The molecule has 0 aliphatic rings. The molecule has 0 saturated heterocycles. The summed E-state index contributed by atoms with van der Waals surface area (Å²) in [5, 5.41) is 10.1. The standard InChI is InChI=1S/C17H14N4O4/c18-17(23)19-13-8-4-7-12(9-13)16(22)24-10-14-20-21-15(25-14)11-5-2-1-3-6-11/h1-9H,10H2,(H3,18,19,23). The lowest BCUT2D eigenvalue weighted by Crippen LogP contribution is -2.19. The Bertz CT molecular complexity index is 892. The first kappa shape index (κ1) is 16.2. The molecule has 0 aliphatic heterocycles. The van der Waals surface area contributed by atoms with E-state index in [4.69, 9.17) is 14.9 Å². The van der Waals surface area contributed by atoms with E-state index in [-0.39, 0.29) is 18.1 Å². The van der Waals surface area contributed by atoms with Crippen LogP contribution in [-0.4, -0.2) is 22.2 Å². The molecule has 2 amide bonds. The van der Waals surface area contributed by atoms with Crippen molar-refractivity contribution in [3.8, 4) is 11.5 Å². The van der Waals surface area contributed by atoms with Gasteiger partial charge in [0.05, 0.1) is 5.56 Å². The third-order valence-corrected chi connectivity index (χ3v) is 3.18. The molecule has 0 unspecified atom stereocenters. The number of amides is 2. The Balaban J connectivity index is 1.63. The molecular weight excluding hydrogens is 324 g/mol. The molecule has 0 radical (unpaired) electrons. The highest BCUT2D eigenvalue weighted by atomic mass is 16.5. The van der Waals surface area contributed by atoms with Gasteiger partial charge in [0.25, 0.3) is 5.89 Å². The van der Waals surface area contributed by atoms with Crippen LogP contribution < -0.4 is 11.1 Å². The number of hydrogen-bond acceptors (Lipinski definition) is 6. The predicted molar refractivity (Wildman–Crippen MR) is 88.5 cm³/mol. The number of anilines is 1. The van der Waals surface area contributed by atoms with Gasteiger partial charge >= 0.3 is 12.0 Å². The van der Waals surface area contributed by atoms with Crippen LogP contribution in [0.5, 0.6) is 0 Å². The van der Waals surface area contributed by atoms with Crippen molar-refractivity contribution >= 4 is 17.7 Å². The van der Waals surface area contributed by atoms with Crippen molar-refractivity contribution in [2.24, 2.45) is 5.73 Å². The topological polar surface area (TPSA) is 120 Å². The number of benzene rings is 2. The number of rotatable bonds is 5. The zero-order chi connectivity index (χ0) is 17.6. The van der Waals surface area contributed by atoms with Gasteiger partial charge in [-0.2, -0.15) is 0 Å². The van der Waals surface area contributed by atoms with Crippen LogP contribution in [-0.2, 0) is 11.3 Å². The van der Waals surface area contributed by atoms with Crippen LogP contribution in [0.15, 0.2) is 59.0 Å². The quantitative estimate of drug-likeness (QED) is 0.690. The second kappa shape index (κ2) is 7.26. The minimum absolute atomic E-state index is 0.161. The van der Waals surface area contributed by atoms with Gasteiger partial charge in [-0.1, -0.05) is 24.3 Å². The minimum atomic E-state index is -0.718. The van der Waals surface area contributed by atoms with E-state index in [9.17, 15) is 9.59 Å². The largest absolute Gasteiger partial charge is 0.452 e. The second-order valence-electron chi connectivity index (χ2n) is 5.01. The Kier molecular flexibility index (Phi) is 4.70. The summed E-state index contributed by atoms with van der Waals surface area (Å²) in [6, 6.07) is 14.7. The Hall–Kier alpha value is -3.68. The third kappa shape index (κ3) is 4.20. The number of hydrogen-bond donors (Lipinski definition) is 2. The maximum absolute atomic E-state index is 12.1. The summed E-state index contributed by atoms with van der Waals surface area (Å²) < 4.78 is 10.6. The van der Waals surface area contributed by atoms with Crippen molar-refractivity contribution in [1.29, 1.82) is 0 Å². The number of urea groups is 1. The molecule has 3 aromatic rings. The average Bonchev–Trinajstić information content (AvgIpc) is 3.09. The molecule has 0 aliphatic carbocycles. The highest BCUT2D eigenvalue weighted by molar-refractivity contribution is 5.93. The van der Waals surface area contributed by atoms with Crippen LogP contribution in [0.2, 0.25) is 0 Å². The molecule has 8 heteroatoms. The summed E-state index contributed by atoms with van der Waals surface area (Å²) in [5.74, 6) is -0.0643. The van der Waals surface area contributed by atoms with E-state index in [2.05, 4.69) is 15.5 Å². The lowest BCUT2D eigenvalue weighted by molar-refractivity contribution is 0.0438. The predicted octanol–water partition coefficient (Wildman–Crippen LogP) is 2.58. The number of carbonyl (C=O) groups is 2. The Morgan fingerprint density at radius 1 is 1.08 bits per heavy atom. The maximum atomic E-state index is 12.1. The molecule has 0 spiro atoms.